The molecule has 3 rings (SSSR count). The number of halogens is 2. The number of alkyl halides is 1. The Balaban J connectivity index is 0.00000126. The Morgan fingerprint density at radius 3 is 2.52 bits per heavy atom. The van der Waals surface area contributed by atoms with Gasteiger partial charge in [0, 0.05) is 36.1 Å². The number of nitriles is 1. The lowest BCUT2D eigenvalue weighted by molar-refractivity contribution is 0.0181. The molecule has 0 radical (unpaired) electrons. The van der Waals surface area contributed by atoms with E-state index in [1.54, 1.807) is 12.1 Å². The van der Waals surface area contributed by atoms with Crippen molar-refractivity contribution < 1.29 is 8.78 Å². The fourth-order valence-electron chi connectivity index (χ4n) is 3.22. The molecular formula is C22H27F2N3. The summed E-state index contributed by atoms with van der Waals surface area (Å²) in [5.74, 6) is -0.512. The molecule has 0 spiro atoms. The van der Waals surface area contributed by atoms with Crippen molar-refractivity contribution in [2.75, 3.05) is 13.1 Å². The average molecular weight is 371 g/mol. The Morgan fingerprint density at radius 2 is 1.93 bits per heavy atom. The maximum atomic E-state index is 14.5. The van der Waals surface area contributed by atoms with Gasteiger partial charge in [0.1, 0.15) is 6.17 Å². The zero-order chi connectivity index (χ0) is 19.9. The number of hydrogen-bond acceptors (Lipinski definition) is 3. The molecule has 2 aromatic rings. The van der Waals surface area contributed by atoms with Crippen molar-refractivity contribution in [3.63, 3.8) is 0 Å². The van der Waals surface area contributed by atoms with Crippen molar-refractivity contribution in [3.8, 4) is 17.3 Å². The number of rotatable bonds is 4. The Hall–Kier alpha value is -2.32. The number of pyridine rings is 1. The van der Waals surface area contributed by atoms with Crippen molar-refractivity contribution in [1.29, 1.82) is 5.26 Å². The quantitative estimate of drug-likeness (QED) is 0.678. The van der Waals surface area contributed by atoms with Crippen LogP contribution in [-0.4, -0.2) is 29.1 Å². The summed E-state index contributed by atoms with van der Waals surface area (Å²) in [4.78, 5) is 5.95. The number of aromatic nitrogens is 1. The summed E-state index contributed by atoms with van der Waals surface area (Å²) < 4.78 is 28.8. The van der Waals surface area contributed by atoms with Crippen LogP contribution >= 0.6 is 0 Å². The number of nitrogens with zero attached hydrogens (tertiary/aromatic N) is 3. The fourth-order valence-corrected chi connectivity index (χ4v) is 3.22. The van der Waals surface area contributed by atoms with Crippen LogP contribution in [0.1, 0.15) is 39.2 Å². The second-order valence-electron chi connectivity index (χ2n) is 6.95. The second-order valence-corrected chi connectivity index (χ2v) is 6.95. The molecule has 0 N–H and O–H groups in total. The van der Waals surface area contributed by atoms with Crippen LogP contribution in [0.3, 0.4) is 0 Å². The second kappa shape index (κ2) is 9.57. The normalized spacial score (nSPS) is 22.4. The summed E-state index contributed by atoms with van der Waals surface area (Å²) in [6.07, 6.45) is -0.275. The lowest BCUT2D eigenvalue weighted by atomic mass is 9.76. The van der Waals surface area contributed by atoms with Crippen molar-refractivity contribution in [3.05, 3.63) is 54.0 Å². The minimum atomic E-state index is -1.08. The molecule has 144 valence electrons. The van der Waals surface area contributed by atoms with Crippen LogP contribution in [0.2, 0.25) is 0 Å². The maximum absolute atomic E-state index is 14.5. The minimum absolute atomic E-state index is 0.212. The topological polar surface area (TPSA) is 39.9 Å². The van der Waals surface area contributed by atoms with Crippen molar-refractivity contribution in [1.82, 2.24) is 9.88 Å². The summed E-state index contributed by atoms with van der Waals surface area (Å²) in [5.41, 5.74) is 1.32. The summed E-state index contributed by atoms with van der Waals surface area (Å²) in [6, 6.07) is 15.0. The zero-order valence-corrected chi connectivity index (χ0v) is 16.3. The van der Waals surface area contributed by atoms with Gasteiger partial charge in [0.2, 0.25) is 5.95 Å². The van der Waals surface area contributed by atoms with E-state index in [0.717, 1.165) is 5.56 Å². The highest BCUT2D eigenvalue weighted by Crippen LogP contribution is 2.37. The van der Waals surface area contributed by atoms with Crippen molar-refractivity contribution >= 4 is 0 Å². The fraction of sp³-hybridized carbons (Fsp3) is 0.455. The smallest absolute Gasteiger partial charge is 0.217 e. The molecule has 1 saturated heterocycles. The molecule has 1 aromatic heterocycles. The van der Waals surface area contributed by atoms with Crippen LogP contribution in [0, 0.1) is 22.7 Å². The summed E-state index contributed by atoms with van der Waals surface area (Å²) in [5, 5.41) is 8.87. The van der Waals surface area contributed by atoms with E-state index in [9.17, 15) is 8.78 Å². The highest BCUT2D eigenvalue weighted by atomic mass is 19.1. The van der Waals surface area contributed by atoms with E-state index in [2.05, 4.69) is 11.1 Å². The van der Waals surface area contributed by atoms with Gasteiger partial charge >= 0.3 is 0 Å². The van der Waals surface area contributed by atoms with E-state index < -0.39 is 17.5 Å². The predicted molar refractivity (Wildman–Crippen MR) is 104 cm³/mol. The largest absolute Gasteiger partial charge is 0.296 e. The highest BCUT2D eigenvalue weighted by Gasteiger charge is 2.39. The van der Waals surface area contributed by atoms with Crippen LogP contribution < -0.4 is 0 Å². The Morgan fingerprint density at radius 1 is 1.22 bits per heavy atom. The number of likely N-dealkylation sites (tertiary alicyclic amines) is 1. The third-order valence-corrected chi connectivity index (χ3v) is 5.05. The van der Waals surface area contributed by atoms with Gasteiger partial charge in [0.15, 0.2) is 0 Å². The molecule has 27 heavy (non-hydrogen) atoms. The van der Waals surface area contributed by atoms with Crippen LogP contribution in [0.4, 0.5) is 8.78 Å². The summed E-state index contributed by atoms with van der Waals surface area (Å²) in [7, 11) is 0. The number of benzene rings is 1. The Labute approximate surface area is 160 Å². The lowest BCUT2D eigenvalue weighted by Gasteiger charge is -2.40. The van der Waals surface area contributed by atoms with Crippen LogP contribution in [0.5, 0.6) is 0 Å². The molecule has 1 aliphatic heterocycles. The Bertz CT molecular complexity index is 773. The van der Waals surface area contributed by atoms with Crippen molar-refractivity contribution in [2.45, 2.75) is 46.3 Å². The van der Waals surface area contributed by atoms with Gasteiger partial charge in [-0.15, -0.1) is 0 Å². The monoisotopic (exact) mass is 371 g/mol. The molecule has 0 bridgehead atoms. The van der Waals surface area contributed by atoms with Crippen molar-refractivity contribution in [2.24, 2.45) is 5.41 Å². The first-order chi connectivity index (χ1) is 13.0. The summed E-state index contributed by atoms with van der Waals surface area (Å²) in [6.45, 7) is 7.02. The summed E-state index contributed by atoms with van der Waals surface area (Å²) >= 11 is 0. The van der Waals surface area contributed by atoms with E-state index in [4.69, 9.17) is 5.26 Å². The lowest BCUT2D eigenvalue weighted by Crippen LogP contribution is -2.47. The molecule has 5 heteroatoms. The van der Waals surface area contributed by atoms with E-state index in [1.165, 1.54) is 0 Å². The molecule has 1 aliphatic rings. The third-order valence-electron chi connectivity index (χ3n) is 5.05. The van der Waals surface area contributed by atoms with Gasteiger partial charge in [-0.3, -0.25) is 4.90 Å². The van der Waals surface area contributed by atoms with Crippen LogP contribution in [-0.2, 0) is 6.54 Å². The van der Waals surface area contributed by atoms with Gasteiger partial charge < -0.3 is 0 Å². The molecule has 2 unspecified atom stereocenters. The van der Waals surface area contributed by atoms with E-state index >= 15 is 0 Å². The van der Waals surface area contributed by atoms with E-state index in [-0.39, 0.29) is 13.0 Å². The standard InChI is InChI=1S/C20H21F2N3.C2H6/c1-20(9-11-23)10-12-25(14-18(20)21)13-16-7-8-17(24-19(16)22)15-5-3-2-4-6-15;1-2/h2-8,18H,9-10,12-14H2,1H3;1-2H3. The molecule has 2 heterocycles. The third kappa shape index (κ3) is 5.11. The van der Waals surface area contributed by atoms with Crippen LogP contribution in [0.25, 0.3) is 11.3 Å². The Kier molecular flexibility index (Phi) is 7.44. The van der Waals surface area contributed by atoms with Gasteiger partial charge in [-0.2, -0.15) is 9.65 Å². The van der Waals surface area contributed by atoms with E-state index in [0.29, 0.717) is 30.8 Å². The maximum Gasteiger partial charge on any atom is 0.217 e. The van der Waals surface area contributed by atoms with E-state index in [1.807, 2.05) is 56.0 Å². The molecule has 0 saturated carbocycles. The molecule has 0 amide bonds. The minimum Gasteiger partial charge on any atom is -0.296 e. The molecule has 2 atom stereocenters. The molecule has 0 aliphatic carbocycles. The first-order valence-corrected chi connectivity index (χ1v) is 9.46. The van der Waals surface area contributed by atoms with Gasteiger partial charge in [0.25, 0.3) is 0 Å². The number of hydrogen-bond donors (Lipinski definition) is 0. The molecule has 1 fully saturated rings. The van der Waals surface area contributed by atoms with Gasteiger partial charge in [-0.05, 0) is 19.0 Å². The predicted octanol–water partition coefficient (Wildman–Crippen LogP) is 5.38. The van der Waals surface area contributed by atoms with Gasteiger partial charge in [-0.1, -0.05) is 57.2 Å². The van der Waals surface area contributed by atoms with Gasteiger partial charge in [0.05, 0.1) is 11.8 Å². The van der Waals surface area contributed by atoms with Gasteiger partial charge in [-0.25, -0.2) is 9.37 Å². The average Bonchev–Trinajstić information content (AvgIpc) is 2.69. The molecular weight excluding hydrogens is 344 g/mol. The number of piperidine rings is 1. The van der Waals surface area contributed by atoms with Crippen LogP contribution in [0.15, 0.2) is 42.5 Å². The first-order valence-electron chi connectivity index (χ1n) is 9.46. The SMILES string of the molecule is CC.CC1(CC#N)CCN(Cc2ccc(-c3ccccc3)nc2F)CC1F. The zero-order valence-electron chi connectivity index (χ0n) is 16.3. The molecule has 3 nitrogen and oxygen atoms in total. The molecule has 1 aromatic carbocycles. The first kappa shape index (κ1) is 21.0. The highest BCUT2D eigenvalue weighted by molar-refractivity contribution is 5.58.